The van der Waals surface area contributed by atoms with E-state index in [1.165, 1.54) is 11.3 Å². The zero-order chi connectivity index (χ0) is 13.5. The molecule has 0 aliphatic rings. The topological polar surface area (TPSA) is 28.4 Å². The lowest BCUT2D eigenvalue weighted by atomic mass is 10.2. The summed E-state index contributed by atoms with van der Waals surface area (Å²) in [7, 11) is 0. The molecule has 2 aromatic rings. The van der Waals surface area contributed by atoms with Gasteiger partial charge in [-0.1, -0.05) is 12.1 Å². The Bertz CT molecular complexity index is 464. The minimum Gasteiger partial charge on any atom is -0.468 e. The van der Waals surface area contributed by atoms with Gasteiger partial charge in [-0.3, -0.25) is 0 Å². The Labute approximate surface area is 127 Å². The molecule has 3 nitrogen and oxygen atoms in total. The van der Waals surface area contributed by atoms with E-state index in [1.54, 1.807) is 6.26 Å². The van der Waals surface area contributed by atoms with Crippen molar-refractivity contribution in [1.82, 2.24) is 5.32 Å². The highest BCUT2D eigenvalue weighted by atomic mass is 35.5. The summed E-state index contributed by atoms with van der Waals surface area (Å²) in [5.41, 5.74) is 2.59. The lowest BCUT2D eigenvalue weighted by Crippen LogP contribution is -2.21. The van der Waals surface area contributed by atoms with Gasteiger partial charge in [0.25, 0.3) is 0 Å². The lowest BCUT2D eigenvalue weighted by molar-refractivity contribution is 0.483. The van der Waals surface area contributed by atoms with Crippen LogP contribution in [0.2, 0.25) is 0 Å². The SMILES string of the molecule is CCN(CC)c1ccc(CNCc2ccco2)cc1.Cl. The normalized spacial score (nSPS) is 10.1. The zero-order valence-corrected chi connectivity index (χ0v) is 13.0. The van der Waals surface area contributed by atoms with Crippen LogP contribution in [0.1, 0.15) is 25.2 Å². The van der Waals surface area contributed by atoms with Gasteiger partial charge in [0.1, 0.15) is 5.76 Å². The van der Waals surface area contributed by atoms with Crippen LogP contribution < -0.4 is 10.2 Å². The predicted octanol–water partition coefficient (Wildman–Crippen LogP) is 3.84. The van der Waals surface area contributed by atoms with E-state index in [-0.39, 0.29) is 12.4 Å². The zero-order valence-electron chi connectivity index (χ0n) is 12.1. The first kappa shape index (κ1) is 16.6. The monoisotopic (exact) mass is 294 g/mol. The van der Waals surface area contributed by atoms with Crippen LogP contribution in [-0.4, -0.2) is 13.1 Å². The summed E-state index contributed by atoms with van der Waals surface area (Å²) >= 11 is 0. The Balaban J connectivity index is 0.00000200. The van der Waals surface area contributed by atoms with Crippen molar-refractivity contribution in [3.63, 3.8) is 0 Å². The lowest BCUT2D eigenvalue weighted by Gasteiger charge is -2.21. The fourth-order valence-corrected chi connectivity index (χ4v) is 2.16. The van der Waals surface area contributed by atoms with Gasteiger partial charge in [0.2, 0.25) is 0 Å². The molecule has 0 unspecified atom stereocenters. The van der Waals surface area contributed by atoms with Crippen molar-refractivity contribution >= 4 is 18.1 Å². The molecule has 0 fully saturated rings. The highest BCUT2D eigenvalue weighted by Crippen LogP contribution is 2.14. The third kappa shape index (κ3) is 4.58. The molecule has 0 aliphatic carbocycles. The van der Waals surface area contributed by atoms with Crippen molar-refractivity contribution in [3.05, 3.63) is 54.0 Å². The van der Waals surface area contributed by atoms with Crippen molar-refractivity contribution in [3.8, 4) is 0 Å². The van der Waals surface area contributed by atoms with Gasteiger partial charge >= 0.3 is 0 Å². The summed E-state index contributed by atoms with van der Waals surface area (Å²) in [4.78, 5) is 2.35. The van der Waals surface area contributed by atoms with Gasteiger partial charge in [0, 0.05) is 25.3 Å². The molecule has 0 aliphatic heterocycles. The van der Waals surface area contributed by atoms with Crippen LogP contribution in [0.5, 0.6) is 0 Å². The van der Waals surface area contributed by atoms with Gasteiger partial charge in [-0.05, 0) is 43.7 Å². The molecule has 1 heterocycles. The van der Waals surface area contributed by atoms with E-state index in [1.807, 2.05) is 12.1 Å². The first-order valence-electron chi connectivity index (χ1n) is 6.90. The van der Waals surface area contributed by atoms with Crippen molar-refractivity contribution in [1.29, 1.82) is 0 Å². The molecule has 2 rings (SSSR count). The third-order valence-corrected chi connectivity index (χ3v) is 3.27. The largest absolute Gasteiger partial charge is 0.468 e. The fourth-order valence-electron chi connectivity index (χ4n) is 2.16. The van der Waals surface area contributed by atoms with Gasteiger partial charge in [0.05, 0.1) is 12.8 Å². The number of hydrogen-bond donors (Lipinski definition) is 1. The number of rotatable bonds is 7. The summed E-state index contributed by atoms with van der Waals surface area (Å²) in [5.74, 6) is 0.972. The predicted molar refractivity (Wildman–Crippen MR) is 86.5 cm³/mol. The van der Waals surface area contributed by atoms with Crippen molar-refractivity contribution < 1.29 is 4.42 Å². The van der Waals surface area contributed by atoms with Crippen LogP contribution in [0.15, 0.2) is 47.1 Å². The molecule has 1 aromatic heterocycles. The maximum Gasteiger partial charge on any atom is 0.117 e. The number of anilines is 1. The molecule has 4 heteroatoms. The fraction of sp³-hybridized carbons (Fsp3) is 0.375. The first-order valence-corrected chi connectivity index (χ1v) is 6.90. The number of halogens is 1. The van der Waals surface area contributed by atoms with Crippen LogP contribution in [0.3, 0.4) is 0 Å². The number of hydrogen-bond acceptors (Lipinski definition) is 3. The summed E-state index contributed by atoms with van der Waals surface area (Å²) in [6, 6.07) is 12.6. The number of nitrogens with one attached hydrogen (secondary N) is 1. The molecule has 1 N–H and O–H groups in total. The van der Waals surface area contributed by atoms with Crippen LogP contribution >= 0.6 is 12.4 Å². The van der Waals surface area contributed by atoms with Crippen LogP contribution in [0.25, 0.3) is 0 Å². The summed E-state index contributed by atoms with van der Waals surface area (Å²) in [6.07, 6.45) is 1.70. The van der Waals surface area contributed by atoms with Crippen LogP contribution in [0.4, 0.5) is 5.69 Å². The van der Waals surface area contributed by atoms with Crippen molar-refractivity contribution in [2.75, 3.05) is 18.0 Å². The molecular weight excluding hydrogens is 272 g/mol. The molecule has 110 valence electrons. The van der Waals surface area contributed by atoms with Crippen LogP contribution in [-0.2, 0) is 13.1 Å². The maximum absolute atomic E-state index is 5.28. The molecule has 20 heavy (non-hydrogen) atoms. The van der Waals surface area contributed by atoms with Gasteiger partial charge in [-0.2, -0.15) is 0 Å². The number of nitrogens with zero attached hydrogens (tertiary/aromatic N) is 1. The minimum absolute atomic E-state index is 0. The molecule has 0 atom stereocenters. The van der Waals surface area contributed by atoms with E-state index in [4.69, 9.17) is 4.42 Å². The summed E-state index contributed by atoms with van der Waals surface area (Å²) < 4.78 is 5.28. The average Bonchev–Trinajstić information content (AvgIpc) is 2.95. The van der Waals surface area contributed by atoms with Gasteiger partial charge in [0.15, 0.2) is 0 Å². The van der Waals surface area contributed by atoms with E-state index < -0.39 is 0 Å². The molecule has 0 amide bonds. The van der Waals surface area contributed by atoms with E-state index in [0.717, 1.165) is 31.9 Å². The molecule has 0 saturated carbocycles. The summed E-state index contributed by atoms with van der Waals surface area (Å²) in [6.45, 7) is 8.09. The highest BCUT2D eigenvalue weighted by Gasteiger charge is 2.01. The minimum atomic E-state index is 0. The van der Waals surface area contributed by atoms with Gasteiger partial charge < -0.3 is 14.6 Å². The average molecular weight is 295 g/mol. The first-order chi connectivity index (χ1) is 9.33. The smallest absolute Gasteiger partial charge is 0.117 e. The van der Waals surface area contributed by atoms with Crippen molar-refractivity contribution in [2.45, 2.75) is 26.9 Å². The van der Waals surface area contributed by atoms with E-state index in [0.29, 0.717) is 0 Å². The highest BCUT2D eigenvalue weighted by molar-refractivity contribution is 5.85. The quantitative estimate of drug-likeness (QED) is 0.841. The van der Waals surface area contributed by atoms with E-state index in [9.17, 15) is 0 Å². The third-order valence-electron chi connectivity index (χ3n) is 3.27. The molecule has 0 saturated heterocycles. The molecule has 1 aromatic carbocycles. The second-order valence-corrected chi connectivity index (χ2v) is 4.52. The Morgan fingerprint density at radius 2 is 1.70 bits per heavy atom. The van der Waals surface area contributed by atoms with Gasteiger partial charge in [-0.15, -0.1) is 12.4 Å². The van der Waals surface area contributed by atoms with E-state index in [2.05, 4.69) is 48.3 Å². The standard InChI is InChI=1S/C16H22N2O.ClH/c1-3-18(4-2)15-9-7-14(8-10-15)12-17-13-16-6-5-11-19-16;/h5-11,17H,3-4,12-13H2,1-2H3;1H. The molecule has 0 radical (unpaired) electrons. The summed E-state index contributed by atoms with van der Waals surface area (Å²) in [5, 5.41) is 3.37. The maximum atomic E-state index is 5.28. The Hall–Kier alpha value is -1.45. The molecule has 0 bridgehead atoms. The van der Waals surface area contributed by atoms with Crippen LogP contribution in [0, 0.1) is 0 Å². The van der Waals surface area contributed by atoms with Crippen molar-refractivity contribution in [2.24, 2.45) is 0 Å². The number of furan rings is 1. The van der Waals surface area contributed by atoms with E-state index >= 15 is 0 Å². The van der Waals surface area contributed by atoms with Gasteiger partial charge in [-0.25, -0.2) is 0 Å². The second-order valence-electron chi connectivity index (χ2n) is 4.52. The molecule has 0 spiro atoms. The second kappa shape index (κ2) is 8.67. The Morgan fingerprint density at radius 3 is 2.25 bits per heavy atom. The number of benzene rings is 1. The Kier molecular flexibility index (Phi) is 7.20. The molecular formula is C16H23ClN2O. The Morgan fingerprint density at radius 1 is 1.00 bits per heavy atom.